The predicted molar refractivity (Wildman–Crippen MR) is 68.0 cm³/mol. The lowest BCUT2D eigenvalue weighted by molar-refractivity contribution is 0.0600. The predicted octanol–water partition coefficient (Wildman–Crippen LogP) is 1.06. The molecule has 0 fully saturated rings. The number of esters is 1. The Kier molecular flexibility index (Phi) is 3.39. The first kappa shape index (κ1) is 13.3. The zero-order valence-electron chi connectivity index (χ0n) is 10.4. The highest BCUT2D eigenvalue weighted by Crippen LogP contribution is 2.21. The maximum atomic E-state index is 11.8. The van der Waals surface area contributed by atoms with Gasteiger partial charge in [-0.1, -0.05) is 0 Å². The zero-order chi connectivity index (χ0) is 14.0. The normalized spacial score (nSPS) is 11.3. The van der Waals surface area contributed by atoms with E-state index >= 15 is 0 Å². The number of rotatable bonds is 3. The van der Waals surface area contributed by atoms with E-state index in [9.17, 15) is 13.2 Å². The lowest BCUT2D eigenvalue weighted by atomic mass is 10.2. The second-order valence-corrected chi connectivity index (χ2v) is 5.88. The van der Waals surface area contributed by atoms with Crippen LogP contribution in [0.2, 0.25) is 0 Å². The number of ether oxygens (including phenoxy) is 1. The minimum Gasteiger partial charge on any atom is -0.465 e. The van der Waals surface area contributed by atoms with Gasteiger partial charge in [0.25, 0.3) is 0 Å². The molecule has 0 unspecified atom stereocenters. The third kappa shape index (κ3) is 2.65. The molecule has 19 heavy (non-hydrogen) atoms. The van der Waals surface area contributed by atoms with Gasteiger partial charge in [0.2, 0.25) is 0 Å². The number of benzene rings is 1. The summed E-state index contributed by atoms with van der Waals surface area (Å²) in [5.41, 5.74) is 0.569. The van der Waals surface area contributed by atoms with Crippen LogP contribution in [0.25, 0.3) is 5.69 Å². The molecule has 1 aromatic carbocycles. The van der Waals surface area contributed by atoms with Crippen molar-refractivity contribution in [2.24, 2.45) is 0 Å². The van der Waals surface area contributed by atoms with Gasteiger partial charge in [-0.25, -0.2) is 17.9 Å². The molecule has 0 amide bonds. The molecular weight excluding hydrogens is 268 g/mol. The Balaban J connectivity index is 2.66. The summed E-state index contributed by atoms with van der Waals surface area (Å²) in [7, 11) is -2.25. The average molecular weight is 280 g/mol. The van der Waals surface area contributed by atoms with Crippen molar-refractivity contribution in [2.45, 2.75) is 4.90 Å². The lowest BCUT2D eigenvalue weighted by Crippen LogP contribution is -2.09. The van der Waals surface area contributed by atoms with Crippen molar-refractivity contribution in [1.29, 1.82) is 0 Å². The van der Waals surface area contributed by atoms with Crippen LogP contribution in [0.3, 0.4) is 0 Å². The molecule has 100 valence electrons. The second-order valence-electron chi connectivity index (χ2n) is 3.90. The summed E-state index contributed by atoms with van der Waals surface area (Å²) < 4.78 is 29.6. The van der Waals surface area contributed by atoms with Crippen molar-refractivity contribution in [3.05, 3.63) is 42.2 Å². The molecule has 0 bridgehead atoms. The summed E-state index contributed by atoms with van der Waals surface area (Å²) >= 11 is 0. The quantitative estimate of drug-likeness (QED) is 0.786. The summed E-state index contributed by atoms with van der Waals surface area (Å²) in [5, 5.41) is 3.99. The van der Waals surface area contributed by atoms with Crippen LogP contribution in [-0.4, -0.2) is 37.5 Å². The van der Waals surface area contributed by atoms with E-state index in [1.807, 2.05) is 0 Å². The Bertz CT molecular complexity index is 705. The van der Waals surface area contributed by atoms with E-state index in [1.54, 1.807) is 18.5 Å². The summed E-state index contributed by atoms with van der Waals surface area (Å²) in [6, 6.07) is 5.99. The van der Waals surface area contributed by atoms with E-state index in [0.29, 0.717) is 5.69 Å². The summed E-state index contributed by atoms with van der Waals surface area (Å²) in [4.78, 5) is 11.5. The van der Waals surface area contributed by atoms with E-state index in [2.05, 4.69) is 9.84 Å². The molecule has 0 aliphatic rings. The fourth-order valence-electron chi connectivity index (χ4n) is 1.66. The molecule has 0 saturated carbocycles. The number of methoxy groups -OCH3 is 1. The molecule has 7 heteroatoms. The van der Waals surface area contributed by atoms with Crippen molar-refractivity contribution >= 4 is 15.8 Å². The van der Waals surface area contributed by atoms with Crippen molar-refractivity contribution in [3.63, 3.8) is 0 Å². The van der Waals surface area contributed by atoms with Gasteiger partial charge in [0.05, 0.1) is 23.3 Å². The molecule has 2 aromatic rings. The van der Waals surface area contributed by atoms with Gasteiger partial charge in [0, 0.05) is 18.6 Å². The van der Waals surface area contributed by atoms with E-state index < -0.39 is 15.8 Å². The number of carbonyl (C=O) groups excluding carboxylic acids is 1. The number of nitrogens with zero attached hydrogens (tertiary/aromatic N) is 2. The van der Waals surface area contributed by atoms with E-state index in [1.165, 1.54) is 30.0 Å². The molecular formula is C12H12N2O4S. The van der Waals surface area contributed by atoms with Gasteiger partial charge in [-0.3, -0.25) is 0 Å². The highest BCUT2D eigenvalue weighted by atomic mass is 32.2. The SMILES string of the molecule is COC(=O)c1ccc(-n2cccn2)c(S(C)(=O)=O)c1. The first-order valence-corrected chi connectivity index (χ1v) is 7.25. The van der Waals surface area contributed by atoms with Crippen LogP contribution in [0.1, 0.15) is 10.4 Å². The second kappa shape index (κ2) is 4.85. The van der Waals surface area contributed by atoms with Gasteiger partial charge in [-0.2, -0.15) is 5.10 Å². The Morgan fingerprint density at radius 2 is 2.11 bits per heavy atom. The van der Waals surface area contributed by atoms with Crippen LogP contribution in [0, 0.1) is 0 Å². The first-order valence-electron chi connectivity index (χ1n) is 5.36. The zero-order valence-corrected chi connectivity index (χ0v) is 11.2. The molecule has 0 spiro atoms. The molecule has 0 radical (unpaired) electrons. The molecule has 0 N–H and O–H groups in total. The Labute approximate surface area is 110 Å². The maximum absolute atomic E-state index is 11.8. The van der Waals surface area contributed by atoms with Gasteiger partial charge >= 0.3 is 5.97 Å². The third-order valence-corrected chi connectivity index (χ3v) is 3.66. The summed E-state index contributed by atoms with van der Waals surface area (Å²) in [5.74, 6) is -0.586. The maximum Gasteiger partial charge on any atom is 0.337 e. The Morgan fingerprint density at radius 3 is 2.63 bits per heavy atom. The fourth-order valence-corrected chi connectivity index (χ4v) is 2.54. The molecule has 6 nitrogen and oxygen atoms in total. The molecule has 1 heterocycles. The number of aromatic nitrogens is 2. The van der Waals surface area contributed by atoms with Gasteiger partial charge in [0.15, 0.2) is 9.84 Å². The number of sulfone groups is 1. The molecule has 2 rings (SSSR count). The minimum absolute atomic E-state index is 0.0269. The van der Waals surface area contributed by atoms with Gasteiger partial charge < -0.3 is 4.74 Å². The minimum atomic E-state index is -3.49. The van der Waals surface area contributed by atoms with Gasteiger partial charge in [-0.05, 0) is 24.3 Å². The van der Waals surface area contributed by atoms with Crippen LogP contribution >= 0.6 is 0 Å². The standard InChI is InChI=1S/C12H12N2O4S/c1-18-12(15)9-4-5-10(14-7-3-6-13-14)11(8-9)19(2,16)17/h3-8H,1-2H3. The number of carbonyl (C=O) groups is 1. The highest BCUT2D eigenvalue weighted by molar-refractivity contribution is 7.90. The molecule has 0 aliphatic heterocycles. The van der Waals surface area contributed by atoms with Crippen LogP contribution < -0.4 is 0 Å². The Morgan fingerprint density at radius 1 is 1.37 bits per heavy atom. The monoisotopic (exact) mass is 280 g/mol. The van der Waals surface area contributed by atoms with Crippen molar-refractivity contribution in [2.75, 3.05) is 13.4 Å². The average Bonchev–Trinajstić information content (AvgIpc) is 2.90. The van der Waals surface area contributed by atoms with E-state index in [4.69, 9.17) is 0 Å². The van der Waals surface area contributed by atoms with Crippen molar-refractivity contribution in [3.8, 4) is 5.69 Å². The molecule has 1 aromatic heterocycles. The van der Waals surface area contributed by atoms with E-state index in [0.717, 1.165) is 6.26 Å². The van der Waals surface area contributed by atoms with E-state index in [-0.39, 0.29) is 10.5 Å². The topological polar surface area (TPSA) is 78.3 Å². The lowest BCUT2D eigenvalue weighted by Gasteiger charge is -2.09. The van der Waals surface area contributed by atoms with Crippen LogP contribution in [0.15, 0.2) is 41.6 Å². The van der Waals surface area contributed by atoms with Gasteiger partial charge in [-0.15, -0.1) is 0 Å². The largest absolute Gasteiger partial charge is 0.465 e. The van der Waals surface area contributed by atoms with Crippen LogP contribution in [0.4, 0.5) is 0 Å². The van der Waals surface area contributed by atoms with Crippen molar-refractivity contribution < 1.29 is 17.9 Å². The Hall–Kier alpha value is -2.15. The summed E-state index contributed by atoms with van der Waals surface area (Å²) in [6.45, 7) is 0. The highest BCUT2D eigenvalue weighted by Gasteiger charge is 2.18. The number of hydrogen-bond acceptors (Lipinski definition) is 5. The first-order chi connectivity index (χ1) is 8.93. The number of hydrogen-bond donors (Lipinski definition) is 0. The third-order valence-electron chi connectivity index (χ3n) is 2.53. The molecule has 0 saturated heterocycles. The van der Waals surface area contributed by atoms with Crippen LogP contribution in [0.5, 0.6) is 0 Å². The van der Waals surface area contributed by atoms with Crippen LogP contribution in [-0.2, 0) is 14.6 Å². The smallest absolute Gasteiger partial charge is 0.337 e. The van der Waals surface area contributed by atoms with Crippen molar-refractivity contribution in [1.82, 2.24) is 9.78 Å². The fraction of sp³-hybridized carbons (Fsp3) is 0.167. The van der Waals surface area contributed by atoms with Gasteiger partial charge in [0.1, 0.15) is 0 Å². The molecule has 0 atom stereocenters. The summed E-state index contributed by atoms with van der Waals surface area (Å²) in [6.07, 6.45) is 4.25. The molecule has 0 aliphatic carbocycles.